The van der Waals surface area contributed by atoms with E-state index in [1.807, 2.05) is 24.6 Å². The van der Waals surface area contributed by atoms with Crippen LogP contribution in [-0.4, -0.2) is 33.5 Å². The summed E-state index contributed by atoms with van der Waals surface area (Å²) in [5.74, 6) is 1.35. The predicted octanol–water partition coefficient (Wildman–Crippen LogP) is 4.18. The summed E-state index contributed by atoms with van der Waals surface area (Å²) in [4.78, 5) is 12.1. The number of nitrogens with one attached hydrogen (secondary N) is 1. The number of methoxy groups -OCH3 is 1. The van der Waals surface area contributed by atoms with Gasteiger partial charge in [0.1, 0.15) is 17.4 Å². The molecule has 0 saturated carbocycles. The van der Waals surface area contributed by atoms with E-state index in [2.05, 4.69) is 27.6 Å². The van der Waals surface area contributed by atoms with Crippen LogP contribution in [0.15, 0.2) is 47.6 Å². The van der Waals surface area contributed by atoms with Gasteiger partial charge in [0.15, 0.2) is 5.16 Å². The Morgan fingerprint density at radius 2 is 2.03 bits per heavy atom. The number of ether oxygens (including phenoxy) is 1. The molecule has 0 aliphatic rings. The monoisotopic (exact) mass is 428 g/mol. The molecule has 0 unspecified atom stereocenters. The third-order valence-corrected chi connectivity index (χ3v) is 5.71. The minimum Gasteiger partial charge on any atom is -0.496 e. The summed E-state index contributed by atoms with van der Waals surface area (Å²) in [7, 11) is 3.58. The summed E-state index contributed by atoms with van der Waals surface area (Å²) in [6.07, 6.45) is 2.68. The first-order valence-electron chi connectivity index (χ1n) is 9.66. The lowest BCUT2D eigenvalue weighted by atomic mass is 10.0. The fourth-order valence-corrected chi connectivity index (χ4v) is 3.86. The second-order valence-electron chi connectivity index (χ2n) is 6.96. The smallest absolute Gasteiger partial charge is 0.234 e. The predicted molar refractivity (Wildman–Crippen MR) is 117 cm³/mol. The fraction of sp³-hybridized carbons (Fsp3) is 0.318. The van der Waals surface area contributed by atoms with Crippen molar-refractivity contribution in [3.63, 3.8) is 0 Å². The van der Waals surface area contributed by atoms with E-state index in [1.165, 1.54) is 29.5 Å². The topological polar surface area (TPSA) is 69.0 Å². The number of carbonyl (C=O) groups is 1. The van der Waals surface area contributed by atoms with Gasteiger partial charge in [-0.3, -0.25) is 4.79 Å². The van der Waals surface area contributed by atoms with Gasteiger partial charge in [-0.05, 0) is 55.2 Å². The number of aryl methyl sites for hydroxylation is 3. The number of nitrogens with zero attached hydrogens (tertiary/aromatic N) is 3. The van der Waals surface area contributed by atoms with Gasteiger partial charge in [-0.2, -0.15) is 0 Å². The lowest BCUT2D eigenvalue weighted by Crippen LogP contribution is -2.14. The first-order chi connectivity index (χ1) is 14.5. The van der Waals surface area contributed by atoms with Crippen LogP contribution >= 0.6 is 11.8 Å². The normalized spacial score (nSPS) is 10.8. The van der Waals surface area contributed by atoms with Crippen LogP contribution in [-0.2, 0) is 24.7 Å². The van der Waals surface area contributed by atoms with Gasteiger partial charge in [0.25, 0.3) is 0 Å². The summed E-state index contributed by atoms with van der Waals surface area (Å²) >= 11 is 1.30. The molecule has 1 heterocycles. The van der Waals surface area contributed by atoms with Crippen LogP contribution in [0.1, 0.15) is 23.4 Å². The van der Waals surface area contributed by atoms with Crippen molar-refractivity contribution in [3.05, 3.63) is 65.2 Å². The van der Waals surface area contributed by atoms with Crippen molar-refractivity contribution < 1.29 is 13.9 Å². The third kappa shape index (κ3) is 5.82. The largest absolute Gasteiger partial charge is 0.496 e. The van der Waals surface area contributed by atoms with E-state index >= 15 is 0 Å². The summed E-state index contributed by atoms with van der Waals surface area (Å²) in [6, 6.07) is 12.1. The Balaban J connectivity index is 1.48. The highest BCUT2D eigenvalue weighted by atomic mass is 32.2. The molecule has 0 aliphatic heterocycles. The Bertz CT molecular complexity index is 1020. The van der Waals surface area contributed by atoms with Gasteiger partial charge in [0.05, 0.1) is 12.9 Å². The maximum absolute atomic E-state index is 13.2. The molecule has 1 amide bonds. The number of hydrogen-bond donors (Lipinski definition) is 1. The van der Waals surface area contributed by atoms with Crippen molar-refractivity contribution in [3.8, 4) is 5.75 Å². The third-order valence-electron chi connectivity index (χ3n) is 4.69. The highest BCUT2D eigenvalue weighted by molar-refractivity contribution is 7.99. The molecule has 1 aromatic heterocycles. The summed E-state index contributed by atoms with van der Waals surface area (Å²) < 4.78 is 20.4. The molecular formula is C22H25FN4O2S. The maximum Gasteiger partial charge on any atom is 0.234 e. The number of halogens is 1. The van der Waals surface area contributed by atoms with E-state index in [0.717, 1.165) is 36.4 Å². The molecule has 0 bridgehead atoms. The molecule has 1 N–H and O–H groups in total. The van der Waals surface area contributed by atoms with Crippen molar-refractivity contribution >= 4 is 23.4 Å². The Morgan fingerprint density at radius 3 is 2.77 bits per heavy atom. The van der Waals surface area contributed by atoms with Gasteiger partial charge >= 0.3 is 0 Å². The highest BCUT2D eigenvalue weighted by Gasteiger charge is 2.12. The molecule has 3 rings (SSSR count). The van der Waals surface area contributed by atoms with Crippen LogP contribution < -0.4 is 10.1 Å². The zero-order valence-electron chi connectivity index (χ0n) is 17.3. The SMILES string of the molecule is COc1ccc(CCCc2nnc(SCC(=O)Nc3cccc(F)c3)n2C)cc1C. The number of hydrogen-bond acceptors (Lipinski definition) is 5. The fourth-order valence-electron chi connectivity index (χ4n) is 3.13. The Kier molecular flexibility index (Phi) is 7.46. The zero-order valence-corrected chi connectivity index (χ0v) is 18.1. The molecule has 30 heavy (non-hydrogen) atoms. The average Bonchev–Trinajstić information content (AvgIpc) is 3.06. The van der Waals surface area contributed by atoms with Gasteiger partial charge in [-0.15, -0.1) is 10.2 Å². The minimum atomic E-state index is -0.386. The second kappa shape index (κ2) is 10.2. The molecule has 158 valence electrons. The van der Waals surface area contributed by atoms with E-state index in [-0.39, 0.29) is 17.5 Å². The molecule has 0 fully saturated rings. The van der Waals surface area contributed by atoms with Crippen molar-refractivity contribution in [2.75, 3.05) is 18.2 Å². The Hall–Kier alpha value is -2.87. The first-order valence-corrected chi connectivity index (χ1v) is 10.6. The van der Waals surface area contributed by atoms with E-state index in [4.69, 9.17) is 4.74 Å². The molecule has 6 nitrogen and oxygen atoms in total. The first kappa shape index (κ1) is 21.8. The summed E-state index contributed by atoms with van der Waals surface area (Å²) in [5, 5.41) is 11.8. The quantitative estimate of drug-likeness (QED) is 0.518. The number of anilines is 1. The van der Waals surface area contributed by atoms with E-state index < -0.39 is 0 Å². The molecule has 0 spiro atoms. The van der Waals surface area contributed by atoms with Crippen LogP contribution in [0.25, 0.3) is 0 Å². The number of thioether (sulfide) groups is 1. The van der Waals surface area contributed by atoms with Crippen LogP contribution in [0.3, 0.4) is 0 Å². The zero-order chi connectivity index (χ0) is 21.5. The second-order valence-corrected chi connectivity index (χ2v) is 7.91. The van der Waals surface area contributed by atoms with Crippen LogP contribution in [0.4, 0.5) is 10.1 Å². The van der Waals surface area contributed by atoms with Gasteiger partial charge in [0.2, 0.25) is 5.91 Å². The average molecular weight is 429 g/mol. The van der Waals surface area contributed by atoms with Crippen LogP contribution in [0.2, 0.25) is 0 Å². The van der Waals surface area contributed by atoms with E-state index in [1.54, 1.807) is 19.2 Å². The molecule has 3 aromatic rings. The van der Waals surface area contributed by atoms with Crippen molar-refractivity contribution in [1.82, 2.24) is 14.8 Å². The number of benzene rings is 2. The number of aromatic nitrogens is 3. The number of carbonyl (C=O) groups excluding carboxylic acids is 1. The Morgan fingerprint density at radius 1 is 1.20 bits per heavy atom. The molecule has 0 saturated heterocycles. The molecule has 8 heteroatoms. The standard InChI is InChI=1S/C22H25FN4O2S/c1-15-12-16(10-11-19(15)29-3)6-4-9-20-25-26-22(27(20)2)30-14-21(28)24-18-8-5-7-17(23)13-18/h5,7-8,10-13H,4,6,9,14H2,1-3H3,(H,24,28). The van der Waals surface area contributed by atoms with Gasteiger partial charge in [-0.1, -0.05) is 30.0 Å². The van der Waals surface area contributed by atoms with E-state index in [9.17, 15) is 9.18 Å². The van der Waals surface area contributed by atoms with Gasteiger partial charge < -0.3 is 14.6 Å². The molecular weight excluding hydrogens is 403 g/mol. The van der Waals surface area contributed by atoms with Crippen molar-refractivity contribution in [1.29, 1.82) is 0 Å². The van der Waals surface area contributed by atoms with Crippen molar-refractivity contribution in [2.45, 2.75) is 31.3 Å². The molecule has 0 atom stereocenters. The molecule has 2 aromatic carbocycles. The molecule has 0 radical (unpaired) electrons. The van der Waals surface area contributed by atoms with Crippen LogP contribution in [0.5, 0.6) is 5.75 Å². The number of amides is 1. The van der Waals surface area contributed by atoms with Gasteiger partial charge in [0, 0.05) is 19.2 Å². The maximum atomic E-state index is 13.2. The van der Waals surface area contributed by atoms with Crippen molar-refractivity contribution in [2.24, 2.45) is 7.05 Å². The lowest BCUT2D eigenvalue weighted by Gasteiger charge is -2.08. The highest BCUT2D eigenvalue weighted by Crippen LogP contribution is 2.21. The van der Waals surface area contributed by atoms with Gasteiger partial charge in [-0.25, -0.2) is 4.39 Å². The Labute approximate surface area is 179 Å². The summed E-state index contributed by atoms with van der Waals surface area (Å²) in [5.41, 5.74) is 2.83. The van der Waals surface area contributed by atoms with Crippen LogP contribution in [0, 0.1) is 12.7 Å². The molecule has 0 aliphatic carbocycles. The number of rotatable bonds is 9. The van der Waals surface area contributed by atoms with E-state index in [0.29, 0.717) is 10.8 Å². The summed E-state index contributed by atoms with van der Waals surface area (Å²) in [6.45, 7) is 2.04. The minimum absolute atomic E-state index is 0.174. The lowest BCUT2D eigenvalue weighted by molar-refractivity contribution is -0.113.